The summed E-state index contributed by atoms with van der Waals surface area (Å²) in [5.41, 5.74) is 4.69. The molecule has 2 aromatic carbocycles. The number of benzene rings is 2. The Hall–Kier alpha value is -3.02. The number of hydrogen-bond donors (Lipinski definition) is 3. The Morgan fingerprint density at radius 1 is 1.09 bits per heavy atom. The lowest BCUT2D eigenvalue weighted by Crippen LogP contribution is -2.49. The number of amides is 1. The predicted molar refractivity (Wildman–Crippen MR) is 138 cm³/mol. The van der Waals surface area contributed by atoms with Crippen molar-refractivity contribution in [3.05, 3.63) is 65.2 Å². The normalized spacial score (nSPS) is 15.3. The minimum Gasteiger partial charge on any atom is -0.371 e. The first kappa shape index (κ1) is 24.6. The van der Waals surface area contributed by atoms with Crippen LogP contribution in [0.25, 0.3) is 0 Å². The van der Waals surface area contributed by atoms with Gasteiger partial charge < -0.3 is 20.9 Å². The van der Waals surface area contributed by atoms with Crippen molar-refractivity contribution in [3.8, 4) is 0 Å². The molecule has 0 bridgehead atoms. The van der Waals surface area contributed by atoms with Crippen LogP contribution in [0.1, 0.15) is 55.1 Å². The van der Waals surface area contributed by atoms with Crippen LogP contribution in [0.5, 0.6) is 0 Å². The van der Waals surface area contributed by atoms with Crippen molar-refractivity contribution in [2.24, 2.45) is 4.99 Å². The molecule has 0 unspecified atom stereocenters. The Morgan fingerprint density at radius 3 is 2.39 bits per heavy atom. The summed E-state index contributed by atoms with van der Waals surface area (Å²) < 4.78 is 0. The smallest absolute Gasteiger partial charge is 0.251 e. The number of rotatable bonds is 6. The average molecular weight is 450 g/mol. The third-order valence-corrected chi connectivity index (χ3v) is 6.28. The maximum absolute atomic E-state index is 11.8. The van der Waals surface area contributed by atoms with Crippen LogP contribution < -0.4 is 20.9 Å². The van der Waals surface area contributed by atoms with Gasteiger partial charge in [0.25, 0.3) is 5.91 Å². The third-order valence-electron chi connectivity index (χ3n) is 6.28. The molecule has 1 amide bonds. The third kappa shape index (κ3) is 6.98. The summed E-state index contributed by atoms with van der Waals surface area (Å²) in [5, 5.41) is 9.67. The Bertz CT molecular complexity index is 938. The number of nitrogens with zero attached hydrogens (tertiary/aromatic N) is 2. The van der Waals surface area contributed by atoms with Crippen molar-refractivity contribution in [1.82, 2.24) is 16.0 Å². The zero-order chi connectivity index (χ0) is 23.8. The summed E-state index contributed by atoms with van der Waals surface area (Å²) in [6, 6.07) is 17.2. The van der Waals surface area contributed by atoms with E-state index in [2.05, 4.69) is 70.9 Å². The summed E-state index contributed by atoms with van der Waals surface area (Å²) in [6.45, 7) is 9.59. The zero-order valence-electron chi connectivity index (χ0n) is 20.7. The van der Waals surface area contributed by atoms with Gasteiger partial charge in [0.15, 0.2) is 5.96 Å². The molecule has 0 spiro atoms. The number of carbonyl (C=O) groups excluding carboxylic acids is 1. The molecule has 1 heterocycles. The molecule has 33 heavy (non-hydrogen) atoms. The monoisotopic (exact) mass is 449 g/mol. The molecule has 3 N–H and O–H groups in total. The van der Waals surface area contributed by atoms with Crippen LogP contribution in [-0.2, 0) is 11.8 Å². The molecule has 3 rings (SSSR count). The molecule has 0 radical (unpaired) electrons. The van der Waals surface area contributed by atoms with E-state index in [9.17, 15) is 4.79 Å². The predicted octanol–water partition coefficient (Wildman–Crippen LogP) is 3.72. The lowest BCUT2D eigenvalue weighted by Gasteiger charge is -2.35. The summed E-state index contributed by atoms with van der Waals surface area (Å²) >= 11 is 0. The number of carbonyl (C=O) groups is 1. The van der Waals surface area contributed by atoms with Crippen molar-refractivity contribution in [2.45, 2.75) is 51.5 Å². The summed E-state index contributed by atoms with van der Waals surface area (Å²) in [5.74, 6) is 0.782. The van der Waals surface area contributed by atoms with Crippen LogP contribution in [0, 0.1) is 0 Å². The number of nitrogens with one attached hydrogen (secondary N) is 3. The number of aliphatic imine (C=N–C) groups is 1. The number of piperidine rings is 1. The molecule has 178 valence electrons. The minimum absolute atomic E-state index is 0.0567. The fraction of sp³-hybridized carbons (Fsp3) is 0.481. The fourth-order valence-corrected chi connectivity index (χ4v) is 4.18. The van der Waals surface area contributed by atoms with Gasteiger partial charge in [0, 0.05) is 51.0 Å². The van der Waals surface area contributed by atoms with Gasteiger partial charge in [-0.1, -0.05) is 45.0 Å². The van der Waals surface area contributed by atoms with Crippen molar-refractivity contribution in [1.29, 1.82) is 0 Å². The standard InChI is InChI=1S/C27H39N5O/c1-27(2,3)22-9-11-24(12-10-22)32-17-14-23(15-18-32)31-26(29-5)30-16-13-20-7-6-8-21(19-20)25(33)28-4/h6-12,19,23H,13-18H2,1-5H3,(H,28,33)(H2,29,30,31). The van der Waals surface area contributed by atoms with E-state index in [4.69, 9.17) is 0 Å². The van der Waals surface area contributed by atoms with Gasteiger partial charge in [-0.3, -0.25) is 9.79 Å². The quantitative estimate of drug-likeness (QED) is 0.464. The number of guanidine groups is 1. The van der Waals surface area contributed by atoms with Gasteiger partial charge in [-0.05, 0) is 60.1 Å². The van der Waals surface area contributed by atoms with Gasteiger partial charge in [-0.15, -0.1) is 0 Å². The molecule has 0 atom stereocenters. The highest BCUT2D eigenvalue weighted by molar-refractivity contribution is 5.94. The molecule has 0 saturated carbocycles. The second-order valence-electron chi connectivity index (χ2n) is 9.73. The Labute approximate surface area is 198 Å². The molecule has 6 nitrogen and oxygen atoms in total. The van der Waals surface area contributed by atoms with Crippen LogP contribution in [-0.4, -0.2) is 51.6 Å². The molecular weight excluding hydrogens is 410 g/mol. The van der Waals surface area contributed by atoms with E-state index in [1.165, 1.54) is 11.3 Å². The second kappa shape index (κ2) is 11.2. The Morgan fingerprint density at radius 2 is 1.79 bits per heavy atom. The lowest BCUT2D eigenvalue weighted by atomic mass is 9.87. The van der Waals surface area contributed by atoms with Gasteiger partial charge in [-0.25, -0.2) is 0 Å². The van der Waals surface area contributed by atoms with Crippen LogP contribution in [0.2, 0.25) is 0 Å². The van der Waals surface area contributed by atoms with Gasteiger partial charge >= 0.3 is 0 Å². The van der Waals surface area contributed by atoms with Gasteiger partial charge in [-0.2, -0.15) is 0 Å². The number of anilines is 1. The molecule has 1 aliphatic heterocycles. The molecule has 0 aliphatic carbocycles. The van der Waals surface area contributed by atoms with Crippen molar-refractivity contribution < 1.29 is 4.79 Å². The van der Waals surface area contributed by atoms with E-state index in [1.54, 1.807) is 7.05 Å². The van der Waals surface area contributed by atoms with Crippen LogP contribution in [0.15, 0.2) is 53.5 Å². The molecule has 0 aromatic heterocycles. The maximum Gasteiger partial charge on any atom is 0.251 e. The summed E-state index contributed by atoms with van der Waals surface area (Å²) in [4.78, 5) is 18.7. The van der Waals surface area contributed by atoms with Gasteiger partial charge in [0.05, 0.1) is 0 Å². The van der Waals surface area contributed by atoms with Crippen molar-refractivity contribution in [2.75, 3.05) is 38.6 Å². The van der Waals surface area contributed by atoms with E-state index < -0.39 is 0 Å². The highest BCUT2D eigenvalue weighted by atomic mass is 16.1. The summed E-state index contributed by atoms with van der Waals surface area (Å²) in [6.07, 6.45) is 2.99. The first-order valence-corrected chi connectivity index (χ1v) is 11.9. The maximum atomic E-state index is 11.8. The Balaban J connectivity index is 1.44. The van der Waals surface area contributed by atoms with Gasteiger partial charge in [0.1, 0.15) is 0 Å². The van der Waals surface area contributed by atoms with Crippen LogP contribution in [0.3, 0.4) is 0 Å². The highest BCUT2D eigenvalue weighted by Gasteiger charge is 2.21. The lowest BCUT2D eigenvalue weighted by molar-refractivity contribution is 0.0963. The van der Waals surface area contributed by atoms with Gasteiger partial charge in [0.2, 0.25) is 0 Å². The average Bonchev–Trinajstić information content (AvgIpc) is 2.83. The van der Waals surface area contributed by atoms with E-state index in [1.807, 2.05) is 31.3 Å². The van der Waals surface area contributed by atoms with Crippen LogP contribution >= 0.6 is 0 Å². The number of hydrogen-bond acceptors (Lipinski definition) is 3. The summed E-state index contributed by atoms with van der Waals surface area (Å²) in [7, 11) is 3.47. The SMILES string of the molecule is CN=C(NCCc1cccc(C(=O)NC)c1)NC1CCN(c2ccc(C(C)(C)C)cc2)CC1. The van der Waals surface area contributed by atoms with Crippen LogP contribution in [0.4, 0.5) is 5.69 Å². The zero-order valence-corrected chi connectivity index (χ0v) is 20.7. The Kier molecular flexibility index (Phi) is 8.37. The minimum atomic E-state index is -0.0567. The fourth-order valence-electron chi connectivity index (χ4n) is 4.18. The first-order chi connectivity index (χ1) is 15.8. The van der Waals surface area contributed by atoms with E-state index in [0.717, 1.165) is 50.4 Å². The molecule has 1 aliphatic rings. The highest BCUT2D eigenvalue weighted by Crippen LogP contribution is 2.26. The topological polar surface area (TPSA) is 68.8 Å². The molecule has 6 heteroatoms. The van der Waals surface area contributed by atoms with E-state index in [-0.39, 0.29) is 11.3 Å². The molecule has 1 fully saturated rings. The molecule has 2 aromatic rings. The van der Waals surface area contributed by atoms with E-state index >= 15 is 0 Å². The van der Waals surface area contributed by atoms with E-state index in [0.29, 0.717) is 11.6 Å². The molecular formula is C27H39N5O. The first-order valence-electron chi connectivity index (χ1n) is 11.9. The van der Waals surface area contributed by atoms with Crippen molar-refractivity contribution >= 4 is 17.6 Å². The second-order valence-corrected chi connectivity index (χ2v) is 9.73. The molecule has 1 saturated heterocycles. The largest absolute Gasteiger partial charge is 0.371 e. The van der Waals surface area contributed by atoms with Crippen molar-refractivity contribution in [3.63, 3.8) is 0 Å².